The Bertz CT molecular complexity index is 657. The zero-order valence-electron chi connectivity index (χ0n) is 12.0. The van der Waals surface area contributed by atoms with Gasteiger partial charge >= 0.3 is 0 Å². The van der Waals surface area contributed by atoms with Gasteiger partial charge in [-0.2, -0.15) is 0 Å². The van der Waals surface area contributed by atoms with Gasteiger partial charge in [0.1, 0.15) is 29.1 Å². The Morgan fingerprint density at radius 3 is 1.71 bits per heavy atom. The Morgan fingerprint density at radius 1 is 0.714 bits per heavy atom. The highest BCUT2D eigenvalue weighted by atomic mass is 16.3. The third-order valence-corrected chi connectivity index (χ3v) is 3.80. The van der Waals surface area contributed by atoms with Gasteiger partial charge in [-0.05, 0) is 49.6 Å². The van der Waals surface area contributed by atoms with Gasteiger partial charge in [0.05, 0.1) is 0 Å². The maximum absolute atomic E-state index is 10.4. The monoisotopic (exact) mass is 290 g/mol. The first-order chi connectivity index (χ1) is 9.73. The summed E-state index contributed by atoms with van der Waals surface area (Å²) in [7, 11) is 0. The molecule has 2 aromatic rings. The number of phenols is 4. The lowest BCUT2D eigenvalue weighted by molar-refractivity contribution is 0.212. The molecule has 1 atom stereocenters. The first-order valence-electron chi connectivity index (χ1n) is 6.46. The van der Waals surface area contributed by atoms with Crippen molar-refractivity contribution in [2.24, 2.45) is 0 Å². The molecule has 0 aliphatic carbocycles. The molecule has 5 nitrogen and oxygen atoms in total. The second-order valence-electron chi connectivity index (χ2n) is 5.17. The molecule has 0 saturated carbocycles. The maximum atomic E-state index is 10.4. The van der Waals surface area contributed by atoms with Crippen LogP contribution in [-0.2, 0) is 0 Å². The molecule has 1 unspecified atom stereocenters. The topological polar surface area (TPSA) is 101 Å². The molecule has 21 heavy (non-hydrogen) atoms. The van der Waals surface area contributed by atoms with Gasteiger partial charge < -0.3 is 25.5 Å². The first-order valence-corrected chi connectivity index (χ1v) is 6.46. The average Bonchev–Trinajstić information content (AvgIpc) is 2.42. The Kier molecular flexibility index (Phi) is 3.70. The van der Waals surface area contributed by atoms with Crippen molar-refractivity contribution in [3.05, 3.63) is 46.0 Å². The van der Waals surface area contributed by atoms with Gasteiger partial charge in [0.25, 0.3) is 0 Å². The molecule has 0 aliphatic heterocycles. The maximum Gasteiger partial charge on any atom is 0.125 e. The van der Waals surface area contributed by atoms with Crippen LogP contribution >= 0.6 is 0 Å². The minimum atomic E-state index is -1.28. The lowest BCUT2D eigenvalue weighted by Gasteiger charge is -2.20. The van der Waals surface area contributed by atoms with Gasteiger partial charge in [-0.3, -0.25) is 0 Å². The summed E-state index contributed by atoms with van der Waals surface area (Å²) < 4.78 is 0. The van der Waals surface area contributed by atoms with E-state index in [4.69, 9.17) is 0 Å². The molecule has 2 aromatic carbocycles. The molecule has 0 radical (unpaired) electrons. The van der Waals surface area contributed by atoms with Crippen LogP contribution in [0.15, 0.2) is 18.2 Å². The summed E-state index contributed by atoms with van der Waals surface area (Å²) in [6, 6.07) is 3.71. The second-order valence-corrected chi connectivity index (χ2v) is 5.17. The zero-order valence-corrected chi connectivity index (χ0v) is 12.0. The van der Waals surface area contributed by atoms with Crippen molar-refractivity contribution in [3.8, 4) is 23.0 Å². The second kappa shape index (κ2) is 5.18. The predicted molar refractivity (Wildman–Crippen MR) is 77.8 cm³/mol. The molecular weight excluding hydrogens is 272 g/mol. The predicted octanol–water partition coefficient (Wildman–Crippen LogP) is 2.52. The first kappa shape index (κ1) is 15.0. The fourth-order valence-corrected chi connectivity index (χ4v) is 2.42. The Hall–Kier alpha value is -2.40. The minimum Gasteiger partial charge on any atom is -0.508 e. The lowest BCUT2D eigenvalue weighted by Crippen LogP contribution is -2.05. The largest absolute Gasteiger partial charge is 0.508 e. The number of aliphatic hydroxyl groups excluding tert-OH is 1. The van der Waals surface area contributed by atoms with Gasteiger partial charge in [0.15, 0.2) is 0 Å². The van der Waals surface area contributed by atoms with E-state index >= 15 is 0 Å². The molecule has 0 bridgehead atoms. The van der Waals surface area contributed by atoms with Crippen molar-refractivity contribution < 1.29 is 25.5 Å². The Labute approximate surface area is 122 Å². The number of hydrogen-bond donors (Lipinski definition) is 5. The summed E-state index contributed by atoms with van der Waals surface area (Å²) in [5, 5.41) is 49.8. The molecule has 0 spiro atoms. The molecule has 5 heteroatoms. The van der Waals surface area contributed by atoms with Crippen LogP contribution in [0.3, 0.4) is 0 Å². The van der Waals surface area contributed by atoms with E-state index in [1.54, 1.807) is 20.8 Å². The zero-order chi connectivity index (χ0) is 15.9. The fraction of sp³-hybridized carbons (Fsp3) is 0.250. The number of aromatic hydroxyl groups is 4. The molecule has 112 valence electrons. The van der Waals surface area contributed by atoms with E-state index < -0.39 is 6.10 Å². The van der Waals surface area contributed by atoms with Gasteiger partial charge in [0.2, 0.25) is 0 Å². The molecule has 0 heterocycles. The van der Waals surface area contributed by atoms with Crippen LogP contribution in [0.25, 0.3) is 0 Å². The SMILES string of the molecule is Cc1c(C)c(O)c(C(O)c2cc(O)cc(O)c2)c(C)c1O. The van der Waals surface area contributed by atoms with Crippen LogP contribution in [0.4, 0.5) is 0 Å². The average molecular weight is 290 g/mol. The van der Waals surface area contributed by atoms with Crippen molar-refractivity contribution in [2.45, 2.75) is 26.9 Å². The van der Waals surface area contributed by atoms with E-state index in [1.807, 2.05) is 0 Å². The third-order valence-electron chi connectivity index (χ3n) is 3.80. The molecule has 0 amide bonds. The van der Waals surface area contributed by atoms with E-state index in [2.05, 4.69) is 0 Å². The van der Waals surface area contributed by atoms with Crippen LogP contribution < -0.4 is 0 Å². The summed E-state index contributed by atoms with van der Waals surface area (Å²) in [6.45, 7) is 4.90. The molecule has 5 N–H and O–H groups in total. The molecular formula is C16H18O5. The Morgan fingerprint density at radius 2 is 1.19 bits per heavy atom. The van der Waals surface area contributed by atoms with Crippen molar-refractivity contribution in [3.63, 3.8) is 0 Å². The summed E-state index contributed by atoms with van der Waals surface area (Å²) >= 11 is 0. The smallest absolute Gasteiger partial charge is 0.125 e. The van der Waals surface area contributed by atoms with Gasteiger partial charge in [-0.15, -0.1) is 0 Å². The van der Waals surface area contributed by atoms with Crippen LogP contribution in [0.2, 0.25) is 0 Å². The van der Waals surface area contributed by atoms with E-state index in [-0.39, 0.29) is 34.1 Å². The van der Waals surface area contributed by atoms with E-state index in [9.17, 15) is 25.5 Å². The number of rotatable bonds is 2. The minimum absolute atomic E-state index is 0.00345. The van der Waals surface area contributed by atoms with E-state index in [0.717, 1.165) is 6.07 Å². The lowest BCUT2D eigenvalue weighted by atomic mass is 9.91. The highest BCUT2D eigenvalue weighted by Gasteiger charge is 2.24. The molecule has 2 rings (SSSR count). The van der Waals surface area contributed by atoms with E-state index in [0.29, 0.717) is 16.7 Å². The highest BCUT2D eigenvalue weighted by molar-refractivity contribution is 5.59. The van der Waals surface area contributed by atoms with Gasteiger partial charge in [-0.1, -0.05) is 0 Å². The van der Waals surface area contributed by atoms with Crippen molar-refractivity contribution in [2.75, 3.05) is 0 Å². The van der Waals surface area contributed by atoms with Crippen molar-refractivity contribution in [1.29, 1.82) is 0 Å². The summed E-state index contributed by atoms with van der Waals surface area (Å²) in [4.78, 5) is 0. The number of aliphatic hydroxyl groups is 1. The quantitative estimate of drug-likeness (QED) is 0.547. The summed E-state index contributed by atoms with van der Waals surface area (Å²) in [5.74, 6) is -0.509. The normalized spacial score (nSPS) is 12.4. The van der Waals surface area contributed by atoms with Crippen molar-refractivity contribution in [1.82, 2.24) is 0 Å². The number of phenolic OH excluding ortho intramolecular Hbond substituents is 4. The summed E-state index contributed by atoms with van der Waals surface area (Å²) in [6.07, 6.45) is -1.28. The van der Waals surface area contributed by atoms with Crippen LogP contribution in [0, 0.1) is 20.8 Å². The van der Waals surface area contributed by atoms with Crippen LogP contribution in [0.5, 0.6) is 23.0 Å². The number of hydrogen-bond acceptors (Lipinski definition) is 5. The molecule has 0 aliphatic rings. The molecule has 0 saturated heterocycles. The Balaban J connectivity index is 2.66. The third kappa shape index (κ3) is 2.48. The highest BCUT2D eigenvalue weighted by Crippen LogP contribution is 2.42. The number of benzene rings is 2. The van der Waals surface area contributed by atoms with Crippen LogP contribution in [-0.4, -0.2) is 25.5 Å². The molecule has 0 fully saturated rings. The summed E-state index contributed by atoms with van der Waals surface area (Å²) in [5.41, 5.74) is 1.73. The van der Waals surface area contributed by atoms with Gasteiger partial charge in [0, 0.05) is 17.2 Å². The van der Waals surface area contributed by atoms with Crippen LogP contribution in [0.1, 0.15) is 33.9 Å². The standard InChI is InChI=1S/C16H18O5/c1-7-8(2)15(20)13(9(3)14(7)19)16(21)10-4-11(17)6-12(18)5-10/h4-6,16-21H,1-3H3. The molecule has 0 aromatic heterocycles. The fourth-order valence-electron chi connectivity index (χ4n) is 2.42. The van der Waals surface area contributed by atoms with E-state index in [1.165, 1.54) is 12.1 Å². The van der Waals surface area contributed by atoms with Gasteiger partial charge in [-0.25, -0.2) is 0 Å². The van der Waals surface area contributed by atoms with Crippen molar-refractivity contribution >= 4 is 0 Å².